The third-order valence-electron chi connectivity index (χ3n) is 5.81. The number of nitrogens with one attached hydrogen (secondary N) is 3. The Morgan fingerprint density at radius 1 is 0.971 bits per heavy atom. The molecule has 0 spiro atoms. The number of hydrogen-bond acceptors (Lipinski definition) is 5. The van der Waals surface area contributed by atoms with Crippen molar-refractivity contribution in [1.82, 2.24) is 10.3 Å². The van der Waals surface area contributed by atoms with Crippen LogP contribution in [0.2, 0.25) is 5.02 Å². The highest BCUT2D eigenvalue weighted by Gasteiger charge is 2.19. The average Bonchev–Trinajstić information content (AvgIpc) is 2.91. The number of pyridine rings is 1. The number of nitrogens with zero attached hydrogens (tertiary/aromatic N) is 2. The lowest BCUT2D eigenvalue weighted by Gasteiger charge is -2.34. The molecule has 1 fully saturated rings. The van der Waals surface area contributed by atoms with E-state index in [0.717, 1.165) is 38.2 Å². The van der Waals surface area contributed by atoms with E-state index in [4.69, 9.17) is 11.6 Å². The highest BCUT2D eigenvalue weighted by Crippen LogP contribution is 2.24. The first-order valence-corrected chi connectivity index (χ1v) is 12.5. The molecule has 35 heavy (non-hydrogen) atoms. The number of rotatable bonds is 8. The van der Waals surface area contributed by atoms with Gasteiger partial charge in [-0.3, -0.25) is 9.78 Å². The highest BCUT2D eigenvalue weighted by molar-refractivity contribution is 6.30. The van der Waals surface area contributed by atoms with Gasteiger partial charge in [-0.15, -0.1) is 0 Å². The SMILES string of the molecule is C=C(NCC1CCN(c2ccncc2)CC1)Nc1ccccc1NC(=O)c1ccc(Cl)cc1.CC. The predicted molar refractivity (Wildman–Crippen MR) is 147 cm³/mol. The number of anilines is 3. The molecule has 184 valence electrons. The topological polar surface area (TPSA) is 69.3 Å². The minimum absolute atomic E-state index is 0.194. The zero-order chi connectivity index (χ0) is 25.0. The normalized spacial score (nSPS) is 13.3. The molecular formula is C28H34ClN5O. The molecule has 1 aliphatic heterocycles. The number of hydrogen-bond donors (Lipinski definition) is 3. The summed E-state index contributed by atoms with van der Waals surface area (Å²) in [6.07, 6.45) is 5.93. The molecule has 0 unspecified atom stereocenters. The maximum Gasteiger partial charge on any atom is 0.255 e. The summed E-state index contributed by atoms with van der Waals surface area (Å²) < 4.78 is 0. The molecule has 0 aliphatic carbocycles. The minimum Gasteiger partial charge on any atom is -0.372 e. The Labute approximate surface area is 213 Å². The Morgan fingerprint density at radius 3 is 2.20 bits per heavy atom. The van der Waals surface area contributed by atoms with E-state index in [1.807, 2.05) is 50.5 Å². The summed E-state index contributed by atoms with van der Waals surface area (Å²) in [5.41, 5.74) is 3.25. The zero-order valence-corrected chi connectivity index (χ0v) is 21.2. The van der Waals surface area contributed by atoms with E-state index in [1.54, 1.807) is 24.3 Å². The van der Waals surface area contributed by atoms with Gasteiger partial charge in [-0.2, -0.15) is 0 Å². The van der Waals surface area contributed by atoms with Crippen LogP contribution in [-0.4, -0.2) is 30.5 Å². The quantitative estimate of drug-likeness (QED) is 0.340. The van der Waals surface area contributed by atoms with Crippen LogP contribution in [0.15, 0.2) is 85.5 Å². The number of halogens is 1. The van der Waals surface area contributed by atoms with Gasteiger partial charge in [-0.1, -0.05) is 44.2 Å². The summed E-state index contributed by atoms with van der Waals surface area (Å²) >= 11 is 5.92. The molecule has 1 aromatic heterocycles. The fourth-order valence-electron chi connectivity index (χ4n) is 3.92. The number of carbonyl (C=O) groups excluding carboxylic acids is 1. The molecule has 1 aliphatic rings. The van der Waals surface area contributed by atoms with Crippen molar-refractivity contribution in [2.24, 2.45) is 5.92 Å². The molecule has 0 bridgehead atoms. The third-order valence-corrected chi connectivity index (χ3v) is 6.07. The second kappa shape index (κ2) is 13.4. The van der Waals surface area contributed by atoms with E-state index < -0.39 is 0 Å². The molecule has 7 heteroatoms. The van der Waals surface area contributed by atoms with E-state index in [1.165, 1.54) is 5.69 Å². The van der Waals surface area contributed by atoms with Crippen molar-refractivity contribution in [2.75, 3.05) is 35.2 Å². The van der Waals surface area contributed by atoms with Gasteiger partial charge in [0.2, 0.25) is 0 Å². The minimum atomic E-state index is -0.194. The number of aromatic nitrogens is 1. The van der Waals surface area contributed by atoms with Crippen molar-refractivity contribution in [2.45, 2.75) is 26.7 Å². The van der Waals surface area contributed by atoms with Crippen LogP contribution in [0.25, 0.3) is 0 Å². The molecule has 4 rings (SSSR count). The number of piperidine rings is 1. The van der Waals surface area contributed by atoms with Gasteiger partial charge in [0.25, 0.3) is 5.91 Å². The standard InChI is InChI=1S/C26H28ClN5O.C2H6/c1-19(29-18-20-12-16-32(17-13-20)23-10-14-28-15-11-23)30-24-4-2-3-5-25(24)31-26(33)21-6-8-22(27)9-7-21;1-2/h2-11,14-15,20,29-30H,1,12-13,16-18H2,(H,31,33);1-2H3. The van der Waals surface area contributed by atoms with Crippen LogP contribution in [-0.2, 0) is 0 Å². The van der Waals surface area contributed by atoms with Gasteiger partial charge in [0.05, 0.1) is 17.2 Å². The largest absolute Gasteiger partial charge is 0.372 e. The second-order valence-corrected chi connectivity index (χ2v) is 8.56. The van der Waals surface area contributed by atoms with Crippen LogP contribution < -0.4 is 20.9 Å². The van der Waals surface area contributed by atoms with Gasteiger partial charge in [-0.05, 0) is 67.3 Å². The van der Waals surface area contributed by atoms with E-state index in [9.17, 15) is 4.79 Å². The van der Waals surface area contributed by atoms with Gasteiger partial charge < -0.3 is 20.9 Å². The van der Waals surface area contributed by atoms with Crippen LogP contribution in [0, 0.1) is 5.92 Å². The molecule has 1 amide bonds. The van der Waals surface area contributed by atoms with E-state index in [-0.39, 0.29) is 5.91 Å². The van der Waals surface area contributed by atoms with Crippen LogP contribution in [0.4, 0.5) is 17.1 Å². The van der Waals surface area contributed by atoms with Gasteiger partial charge in [-0.25, -0.2) is 0 Å². The summed E-state index contributed by atoms with van der Waals surface area (Å²) in [6.45, 7) is 11.0. The Bertz CT molecular complexity index is 1080. The third kappa shape index (κ3) is 7.76. The van der Waals surface area contributed by atoms with Gasteiger partial charge in [0, 0.05) is 48.3 Å². The van der Waals surface area contributed by atoms with Crippen molar-refractivity contribution < 1.29 is 4.79 Å². The molecule has 0 radical (unpaired) electrons. The Balaban J connectivity index is 0.00000167. The summed E-state index contributed by atoms with van der Waals surface area (Å²) in [7, 11) is 0. The lowest BCUT2D eigenvalue weighted by molar-refractivity contribution is 0.102. The van der Waals surface area contributed by atoms with E-state index >= 15 is 0 Å². The molecule has 3 aromatic rings. The summed E-state index contributed by atoms with van der Waals surface area (Å²) in [5, 5.41) is 10.3. The Kier molecular flexibility index (Phi) is 9.99. The molecular weight excluding hydrogens is 458 g/mol. The molecule has 6 nitrogen and oxygen atoms in total. The number of benzene rings is 2. The van der Waals surface area contributed by atoms with Crippen LogP contribution in [0.1, 0.15) is 37.0 Å². The smallest absolute Gasteiger partial charge is 0.255 e. The maximum absolute atomic E-state index is 12.6. The van der Waals surface area contributed by atoms with Gasteiger partial charge in [0.15, 0.2) is 0 Å². The maximum atomic E-state index is 12.6. The second-order valence-electron chi connectivity index (χ2n) is 8.13. The Hall–Kier alpha value is -3.51. The van der Waals surface area contributed by atoms with Crippen LogP contribution >= 0.6 is 11.6 Å². The summed E-state index contributed by atoms with van der Waals surface area (Å²) in [6, 6.07) is 18.5. The first kappa shape index (κ1) is 26.1. The fraction of sp³-hybridized carbons (Fsp3) is 0.286. The van der Waals surface area contributed by atoms with Crippen LogP contribution in [0.5, 0.6) is 0 Å². The number of carbonyl (C=O) groups is 1. The van der Waals surface area contributed by atoms with E-state index in [0.29, 0.717) is 28.0 Å². The number of para-hydroxylation sites is 2. The highest BCUT2D eigenvalue weighted by atomic mass is 35.5. The molecule has 2 heterocycles. The van der Waals surface area contributed by atoms with Crippen molar-refractivity contribution in [3.05, 3.63) is 96.0 Å². The fourth-order valence-corrected chi connectivity index (χ4v) is 4.05. The number of amides is 1. The lowest BCUT2D eigenvalue weighted by Crippen LogP contribution is -2.37. The average molecular weight is 492 g/mol. The van der Waals surface area contributed by atoms with Crippen LogP contribution in [0.3, 0.4) is 0 Å². The van der Waals surface area contributed by atoms with Crippen molar-refractivity contribution in [3.8, 4) is 0 Å². The summed E-state index contributed by atoms with van der Waals surface area (Å²) in [5.74, 6) is 1.10. The molecule has 0 atom stereocenters. The monoisotopic (exact) mass is 491 g/mol. The molecule has 0 saturated carbocycles. The molecule has 1 saturated heterocycles. The zero-order valence-electron chi connectivity index (χ0n) is 20.4. The lowest BCUT2D eigenvalue weighted by atomic mass is 9.96. The Morgan fingerprint density at radius 2 is 1.57 bits per heavy atom. The predicted octanol–water partition coefficient (Wildman–Crippen LogP) is 6.40. The first-order chi connectivity index (χ1) is 17.1. The molecule has 3 N–H and O–H groups in total. The molecule has 2 aromatic carbocycles. The van der Waals surface area contributed by atoms with Crippen molar-refractivity contribution in [1.29, 1.82) is 0 Å². The van der Waals surface area contributed by atoms with Crippen molar-refractivity contribution >= 4 is 34.6 Å². The first-order valence-electron chi connectivity index (χ1n) is 12.1. The van der Waals surface area contributed by atoms with Gasteiger partial charge in [0.1, 0.15) is 0 Å². The van der Waals surface area contributed by atoms with E-state index in [2.05, 4.69) is 44.5 Å². The van der Waals surface area contributed by atoms with Crippen molar-refractivity contribution in [3.63, 3.8) is 0 Å². The summed E-state index contributed by atoms with van der Waals surface area (Å²) in [4.78, 5) is 19.1. The van der Waals surface area contributed by atoms with Gasteiger partial charge >= 0.3 is 0 Å².